The average molecular weight is 353 g/mol. The van der Waals surface area contributed by atoms with Crippen LogP contribution in [-0.4, -0.2) is 5.78 Å². The fourth-order valence-corrected chi connectivity index (χ4v) is 3.01. The molecule has 0 fully saturated rings. The van der Waals surface area contributed by atoms with E-state index >= 15 is 0 Å². The minimum Gasteiger partial charge on any atom is -0.398 e. The van der Waals surface area contributed by atoms with Crippen molar-refractivity contribution in [2.75, 3.05) is 5.73 Å². The van der Waals surface area contributed by atoms with E-state index in [4.69, 9.17) is 5.73 Å². The maximum atomic E-state index is 12.2. The van der Waals surface area contributed by atoms with Crippen LogP contribution in [0.15, 0.2) is 39.3 Å². The third-order valence-electron chi connectivity index (χ3n) is 2.87. The van der Waals surface area contributed by atoms with Crippen LogP contribution in [0.2, 0.25) is 0 Å². The van der Waals surface area contributed by atoms with Crippen LogP contribution in [0.5, 0.6) is 0 Å². The van der Waals surface area contributed by atoms with Crippen LogP contribution >= 0.6 is 31.9 Å². The Hall–Kier alpha value is -1.13. The van der Waals surface area contributed by atoms with Gasteiger partial charge in [-0.05, 0) is 29.8 Å². The number of carbonyl (C=O) groups is 1. The van der Waals surface area contributed by atoms with Crippen LogP contribution in [0.4, 0.5) is 5.69 Å². The van der Waals surface area contributed by atoms with Crippen molar-refractivity contribution in [3.63, 3.8) is 0 Å². The fraction of sp³-hybridized carbons (Fsp3) is 0. The largest absolute Gasteiger partial charge is 0.398 e. The number of carbonyl (C=O) groups excluding carboxylic acids is 1. The van der Waals surface area contributed by atoms with Gasteiger partial charge in [0.05, 0.1) is 0 Å². The smallest absolute Gasteiger partial charge is 0.194 e. The number of nitrogen functional groups attached to an aromatic ring is 1. The first kappa shape index (κ1) is 11.0. The summed E-state index contributed by atoms with van der Waals surface area (Å²) in [7, 11) is 0. The van der Waals surface area contributed by atoms with E-state index < -0.39 is 0 Å². The summed E-state index contributed by atoms with van der Waals surface area (Å²) in [5.41, 5.74) is 9.76. The van der Waals surface area contributed by atoms with Crippen molar-refractivity contribution in [2.24, 2.45) is 0 Å². The lowest BCUT2D eigenvalue weighted by molar-refractivity contribution is 0.104. The van der Waals surface area contributed by atoms with E-state index in [1.165, 1.54) is 0 Å². The predicted octanol–water partition coefficient (Wildman–Crippen LogP) is 4.01. The van der Waals surface area contributed by atoms with Crippen LogP contribution in [0.1, 0.15) is 15.9 Å². The first-order valence-corrected chi connectivity index (χ1v) is 6.60. The van der Waals surface area contributed by atoms with E-state index in [0.717, 1.165) is 20.1 Å². The molecule has 0 heterocycles. The third kappa shape index (κ3) is 1.55. The highest BCUT2D eigenvalue weighted by Crippen LogP contribution is 2.42. The molecule has 17 heavy (non-hydrogen) atoms. The van der Waals surface area contributed by atoms with Crippen molar-refractivity contribution in [1.29, 1.82) is 0 Å². The second-order valence-corrected chi connectivity index (χ2v) is 5.77. The topological polar surface area (TPSA) is 43.1 Å². The molecule has 2 aromatic rings. The zero-order valence-electron chi connectivity index (χ0n) is 8.63. The van der Waals surface area contributed by atoms with Crippen molar-refractivity contribution >= 4 is 43.3 Å². The first-order chi connectivity index (χ1) is 8.08. The van der Waals surface area contributed by atoms with Gasteiger partial charge in [0.2, 0.25) is 0 Å². The van der Waals surface area contributed by atoms with Crippen molar-refractivity contribution < 1.29 is 4.79 Å². The van der Waals surface area contributed by atoms with Gasteiger partial charge in [-0.15, -0.1) is 0 Å². The molecule has 2 aromatic carbocycles. The van der Waals surface area contributed by atoms with Gasteiger partial charge in [-0.1, -0.05) is 37.9 Å². The average Bonchev–Trinajstić information content (AvgIpc) is 2.53. The van der Waals surface area contributed by atoms with Gasteiger partial charge in [-0.25, -0.2) is 0 Å². The maximum absolute atomic E-state index is 12.2. The summed E-state index contributed by atoms with van der Waals surface area (Å²) in [5.74, 6) is 0.0318. The Kier molecular flexibility index (Phi) is 2.38. The highest BCUT2D eigenvalue weighted by Gasteiger charge is 2.28. The van der Waals surface area contributed by atoms with Crippen LogP contribution in [0.3, 0.4) is 0 Å². The molecule has 84 valence electrons. The summed E-state index contributed by atoms with van der Waals surface area (Å²) in [5, 5.41) is 0. The number of nitrogens with two attached hydrogens (primary N) is 1. The maximum Gasteiger partial charge on any atom is 0.194 e. The van der Waals surface area contributed by atoms with Gasteiger partial charge in [0.15, 0.2) is 5.78 Å². The fourth-order valence-electron chi connectivity index (χ4n) is 2.18. The summed E-state index contributed by atoms with van der Waals surface area (Å²) in [6, 6.07) is 9.33. The lowest BCUT2D eigenvalue weighted by atomic mass is 10.0. The van der Waals surface area contributed by atoms with Crippen LogP contribution in [0, 0.1) is 0 Å². The summed E-state index contributed by atoms with van der Waals surface area (Å²) < 4.78 is 1.73. The Morgan fingerprint density at radius 2 is 1.59 bits per heavy atom. The number of halogens is 2. The van der Waals surface area contributed by atoms with E-state index in [9.17, 15) is 4.79 Å². The Bertz CT molecular complexity index is 665. The van der Waals surface area contributed by atoms with Gasteiger partial charge >= 0.3 is 0 Å². The molecule has 2 N–H and O–H groups in total. The second kappa shape index (κ2) is 3.68. The van der Waals surface area contributed by atoms with Gasteiger partial charge < -0.3 is 5.73 Å². The summed E-state index contributed by atoms with van der Waals surface area (Å²) in [4.78, 5) is 12.2. The van der Waals surface area contributed by atoms with E-state index in [-0.39, 0.29) is 5.78 Å². The van der Waals surface area contributed by atoms with Gasteiger partial charge in [-0.3, -0.25) is 4.79 Å². The SMILES string of the molecule is Nc1cc(Br)cc2c1-c1ccc(Br)cc1C2=O. The van der Waals surface area contributed by atoms with Gasteiger partial charge in [0, 0.05) is 31.3 Å². The molecule has 0 amide bonds. The Morgan fingerprint density at radius 3 is 2.35 bits per heavy atom. The van der Waals surface area contributed by atoms with Crippen molar-refractivity contribution in [3.8, 4) is 11.1 Å². The van der Waals surface area contributed by atoms with E-state index in [1.807, 2.05) is 30.3 Å². The van der Waals surface area contributed by atoms with Gasteiger partial charge in [0.25, 0.3) is 0 Å². The quantitative estimate of drug-likeness (QED) is 0.621. The molecule has 0 unspecified atom stereocenters. The molecule has 2 nitrogen and oxygen atoms in total. The number of anilines is 1. The molecule has 0 aliphatic heterocycles. The molecule has 4 heteroatoms. The molecule has 0 aromatic heterocycles. The molecular formula is C13H7Br2NO. The minimum atomic E-state index is 0.0318. The van der Waals surface area contributed by atoms with Crippen LogP contribution < -0.4 is 5.73 Å². The predicted molar refractivity (Wildman–Crippen MR) is 75.1 cm³/mol. The standard InChI is InChI=1S/C13H7Br2NO/c14-6-1-2-8-9(3-6)13(17)10-4-7(15)5-11(16)12(8)10/h1-5H,16H2. The van der Waals surface area contributed by atoms with Crippen molar-refractivity contribution in [2.45, 2.75) is 0 Å². The molecule has 0 spiro atoms. The van der Waals surface area contributed by atoms with Gasteiger partial charge in [0.1, 0.15) is 0 Å². The summed E-state index contributed by atoms with van der Waals surface area (Å²) in [6.45, 7) is 0. The van der Waals surface area contributed by atoms with Crippen LogP contribution in [-0.2, 0) is 0 Å². The molecule has 3 rings (SSSR count). The Labute approximate surface area is 115 Å². The molecular weight excluding hydrogens is 346 g/mol. The highest BCUT2D eigenvalue weighted by molar-refractivity contribution is 9.10. The molecule has 0 saturated heterocycles. The van der Waals surface area contributed by atoms with E-state index in [2.05, 4.69) is 31.9 Å². The number of ketones is 1. The summed E-state index contributed by atoms with van der Waals surface area (Å²) in [6.07, 6.45) is 0. The molecule has 0 radical (unpaired) electrons. The van der Waals surface area contributed by atoms with Gasteiger partial charge in [-0.2, -0.15) is 0 Å². The molecule has 0 atom stereocenters. The van der Waals surface area contributed by atoms with Crippen molar-refractivity contribution in [3.05, 3.63) is 50.4 Å². The Morgan fingerprint density at radius 1 is 0.882 bits per heavy atom. The third-order valence-corrected chi connectivity index (χ3v) is 3.82. The highest BCUT2D eigenvalue weighted by atomic mass is 79.9. The van der Waals surface area contributed by atoms with Crippen molar-refractivity contribution in [1.82, 2.24) is 0 Å². The molecule has 0 bridgehead atoms. The normalized spacial score (nSPS) is 12.5. The summed E-state index contributed by atoms with van der Waals surface area (Å²) >= 11 is 6.74. The monoisotopic (exact) mass is 351 g/mol. The van der Waals surface area contributed by atoms with Crippen LogP contribution in [0.25, 0.3) is 11.1 Å². The Balaban J connectivity index is 2.39. The zero-order valence-corrected chi connectivity index (χ0v) is 11.8. The second-order valence-electron chi connectivity index (χ2n) is 3.94. The minimum absolute atomic E-state index is 0.0318. The lowest BCUT2D eigenvalue weighted by Crippen LogP contribution is -1.96. The number of fused-ring (bicyclic) bond motifs is 3. The molecule has 1 aliphatic carbocycles. The molecule has 1 aliphatic rings. The van der Waals surface area contributed by atoms with E-state index in [1.54, 1.807) is 0 Å². The van der Waals surface area contributed by atoms with E-state index in [0.29, 0.717) is 16.8 Å². The number of hydrogen-bond donors (Lipinski definition) is 1. The number of hydrogen-bond acceptors (Lipinski definition) is 2. The zero-order chi connectivity index (χ0) is 12.2. The lowest BCUT2D eigenvalue weighted by Gasteiger charge is -2.05. The number of benzene rings is 2. The molecule has 0 saturated carbocycles. The first-order valence-electron chi connectivity index (χ1n) is 5.01. The number of rotatable bonds is 0.